The molecule has 40 heavy (non-hydrogen) atoms. The van der Waals surface area contributed by atoms with Gasteiger partial charge in [-0.1, -0.05) is 44.3 Å². The van der Waals surface area contributed by atoms with Gasteiger partial charge < -0.3 is 23.3 Å². The van der Waals surface area contributed by atoms with Crippen molar-refractivity contribution >= 4 is 48.4 Å². The Kier molecular flexibility index (Phi) is 8.14. The third-order valence-electron chi connectivity index (χ3n) is 8.96. The number of imidazole rings is 1. The molecule has 2 saturated heterocycles. The van der Waals surface area contributed by atoms with Crippen LogP contribution < -0.4 is 0 Å². The predicted octanol–water partition coefficient (Wildman–Crippen LogP) is 6.67. The van der Waals surface area contributed by atoms with E-state index in [1.165, 1.54) is 22.8 Å². The fourth-order valence-corrected chi connectivity index (χ4v) is 13.8. The fourth-order valence-electron chi connectivity index (χ4n) is 5.34. The van der Waals surface area contributed by atoms with Gasteiger partial charge in [-0.15, -0.1) is 0 Å². The Balaban J connectivity index is 1.38. The number of allylic oxidation sites excluding steroid dienone is 1. The van der Waals surface area contributed by atoms with Crippen LogP contribution in [-0.4, -0.2) is 68.8 Å². The molecule has 9 nitrogen and oxygen atoms in total. The van der Waals surface area contributed by atoms with E-state index in [1.54, 1.807) is 11.4 Å². The summed E-state index contributed by atoms with van der Waals surface area (Å²) in [7, 11) is -2.39. The van der Waals surface area contributed by atoms with Crippen molar-refractivity contribution in [3.8, 4) is 5.88 Å². The van der Waals surface area contributed by atoms with Crippen LogP contribution >= 0.6 is 17.1 Å². The smallest absolute Gasteiger partial charge is 0.248 e. The summed E-state index contributed by atoms with van der Waals surface area (Å²) in [6.45, 7) is 19.0. The lowest BCUT2D eigenvalue weighted by molar-refractivity contribution is -0.0405. The number of hydrogen-bond donors (Lipinski definition) is 1. The molecule has 1 N–H and O–H groups in total. The average molecular weight is 631 g/mol. The van der Waals surface area contributed by atoms with Crippen molar-refractivity contribution < 1.29 is 27.7 Å². The minimum Gasteiger partial charge on any atom is -0.492 e. The first-order chi connectivity index (χ1) is 18.5. The van der Waals surface area contributed by atoms with Crippen LogP contribution in [0.5, 0.6) is 5.88 Å². The standard InChI is InChI=1S/C26H40FN4O5PS2Si/c1-15(2)16-9-10-26(6)18(11-16)35-37(38,39-26)33-12-17-21(36-40(7,8)25(3,4)5)19(27)24(34-17)31-14-30-20-22(31)28-13-29-23(20)32/h13-14,16-19,21,24H,1,9-12H2,2-8H3,(H,28,29,32)/t16-,17+,18+,19+,21+,24+,26+,37+/m0/s1. The average Bonchev–Trinajstić information content (AvgIpc) is 3.48. The molecule has 0 unspecified atom stereocenters. The van der Waals surface area contributed by atoms with Gasteiger partial charge in [0.05, 0.1) is 19.0 Å². The van der Waals surface area contributed by atoms with E-state index >= 15 is 4.39 Å². The van der Waals surface area contributed by atoms with Gasteiger partial charge in [-0.3, -0.25) is 4.57 Å². The second kappa shape index (κ2) is 10.7. The summed E-state index contributed by atoms with van der Waals surface area (Å²) in [5.41, 5.74) is -1.08. The molecule has 0 radical (unpaired) electrons. The van der Waals surface area contributed by atoms with E-state index in [4.69, 9.17) is 30.0 Å². The monoisotopic (exact) mass is 630 g/mol. The molecule has 2 aromatic heterocycles. The minimum atomic E-state index is -2.70. The zero-order valence-corrected chi connectivity index (χ0v) is 27.7. The van der Waals surface area contributed by atoms with Gasteiger partial charge in [-0.05, 0) is 69.0 Å². The molecule has 1 aliphatic carbocycles. The zero-order valence-electron chi connectivity index (χ0n) is 24.2. The van der Waals surface area contributed by atoms with E-state index in [-0.39, 0.29) is 39.5 Å². The SMILES string of the molecule is C=C(C)[C@H]1CC[C@@]2(C)S[P@](=S)(OC[C@H]3O[C@@H](n4cnc5c(O)ncnc54)[C@H](F)[C@@H]3O[Si](C)(C)C(C)(C)C)O[C@@H]2C1. The molecule has 3 fully saturated rings. The van der Waals surface area contributed by atoms with E-state index in [0.29, 0.717) is 5.92 Å². The summed E-state index contributed by atoms with van der Waals surface area (Å²) >= 11 is 7.61. The molecule has 3 aliphatic rings. The van der Waals surface area contributed by atoms with Gasteiger partial charge in [0, 0.05) is 4.75 Å². The maximum atomic E-state index is 16.3. The molecule has 2 aromatic rings. The first-order valence-electron chi connectivity index (χ1n) is 13.7. The summed E-state index contributed by atoms with van der Waals surface area (Å²) in [6, 6.07) is 0. The van der Waals surface area contributed by atoms with Crippen LogP contribution in [0.4, 0.5) is 4.39 Å². The molecular weight excluding hydrogens is 591 g/mol. The molecule has 0 amide bonds. The van der Waals surface area contributed by atoms with Gasteiger partial charge in [-0.25, -0.2) is 14.4 Å². The van der Waals surface area contributed by atoms with E-state index in [9.17, 15) is 5.11 Å². The van der Waals surface area contributed by atoms with Gasteiger partial charge in [0.1, 0.15) is 18.5 Å². The molecule has 5 rings (SSSR count). The van der Waals surface area contributed by atoms with Gasteiger partial charge in [0.15, 0.2) is 31.9 Å². The maximum Gasteiger partial charge on any atom is 0.248 e. The van der Waals surface area contributed by atoms with Crippen molar-refractivity contribution in [2.75, 3.05) is 6.61 Å². The van der Waals surface area contributed by atoms with E-state index in [1.807, 2.05) is 0 Å². The lowest BCUT2D eigenvalue weighted by Crippen LogP contribution is -2.49. The molecule has 0 aromatic carbocycles. The number of aromatic nitrogens is 4. The first-order valence-corrected chi connectivity index (χ1v) is 20.6. The van der Waals surface area contributed by atoms with Crippen LogP contribution in [0.25, 0.3) is 11.2 Å². The Morgan fingerprint density at radius 2 is 2.10 bits per heavy atom. The normalized spacial score (nSPS) is 36.7. The molecular formula is C26H40FN4O5PS2Si. The number of fused-ring (bicyclic) bond motifs is 2. The summed E-state index contributed by atoms with van der Waals surface area (Å²) in [5, 5.41) is 9.96. The summed E-state index contributed by atoms with van der Waals surface area (Å²) in [6.07, 6.45) is 1.30. The topological polar surface area (TPSA) is 101 Å². The molecule has 222 valence electrons. The number of aromatic hydroxyl groups is 1. The lowest BCUT2D eigenvalue weighted by Gasteiger charge is -2.39. The molecule has 2 aliphatic heterocycles. The fraction of sp³-hybridized carbons (Fsp3) is 0.731. The maximum absolute atomic E-state index is 16.3. The third kappa shape index (κ3) is 5.57. The quantitative estimate of drug-likeness (QED) is 0.203. The number of hydrogen-bond acceptors (Lipinski definition) is 10. The Labute approximate surface area is 245 Å². The highest BCUT2D eigenvalue weighted by molar-refractivity contribution is 8.68. The Morgan fingerprint density at radius 1 is 1.38 bits per heavy atom. The third-order valence-corrected chi connectivity index (χ3v) is 19.3. The minimum absolute atomic E-state index is 0.00564. The number of rotatable bonds is 7. The molecule has 0 bridgehead atoms. The highest BCUT2D eigenvalue weighted by Gasteiger charge is 2.55. The largest absolute Gasteiger partial charge is 0.492 e. The van der Waals surface area contributed by atoms with Crippen LogP contribution in [0.2, 0.25) is 18.1 Å². The van der Waals surface area contributed by atoms with Crippen molar-refractivity contribution in [2.24, 2.45) is 5.92 Å². The number of ether oxygens (including phenoxy) is 1. The van der Waals surface area contributed by atoms with Gasteiger partial charge in [0.25, 0.3) is 0 Å². The molecule has 14 heteroatoms. The molecule has 1 saturated carbocycles. The zero-order chi connectivity index (χ0) is 29.3. The van der Waals surface area contributed by atoms with Crippen LogP contribution in [0, 0.1) is 5.92 Å². The second-order valence-electron chi connectivity index (χ2n) is 12.9. The van der Waals surface area contributed by atoms with Gasteiger partial charge in [-0.2, -0.15) is 4.98 Å². The highest BCUT2D eigenvalue weighted by atomic mass is 32.9. The number of nitrogens with zero attached hydrogens (tertiary/aromatic N) is 4. The Hall–Kier alpha value is -0.923. The van der Waals surface area contributed by atoms with Gasteiger partial charge >= 0.3 is 0 Å². The predicted molar refractivity (Wildman–Crippen MR) is 161 cm³/mol. The Bertz CT molecular complexity index is 1340. The van der Waals surface area contributed by atoms with Crippen molar-refractivity contribution in [3.63, 3.8) is 0 Å². The van der Waals surface area contributed by atoms with Crippen LogP contribution in [-0.2, 0) is 30.0 Å². The summed E-state index contributed by atoms with van der Waals surface area (Å²) in [4.78, 5) is 12.2. The summed E-state index contributed by atoms with van der Waals surface area (Å²) < 4.78 is 43.5. The van der Waals surface area contributed by atoms with Crippen LogP contribution in [0.15, 0.2) is 24.8 Å². The van der Waals surface area contributed by atoms with Crippen molar-refractivity contribution in [3.05, 3.63) is 24.8 Å². The van der Waals surface area contributed by atoms with Crippen molar-refractivity contribution in [1.29, 1.82) is 0 Å². The number of alkyl halides is 1. The van der Waals surface area contributed by atoms with E-state index in [0.717, 1.165) is 19.3 Å². The van der Waals surface area contributed by atoms with Crippen molar-refractivity contribution in [1.82, 2.24) is 19.5 Å². The van der Waals surface area contributed by atoms with E-state index < -0.39 is 38.6 Å². The van der Waals surface area contributed by atoms with Crippen LogP contribution in [0.1, 0.15) is 60.1 Å². The first kappa shape index (κ1) is 30.5. The molecule has 4 heterocycles. The second-order valence-corrected chi connectivity index (χ2v) is 24.3. The lowest BCUT2D eigenvalue weighted by atomic mass is 9.77. The highest BCUT2D eigenvalue weighted by Crippen LogP contribution is 2.75. The molecule has 0 spiro atoms. The van der Waals surface area contributed by atoms with Gasteiger partial charge in [0.2, 0.25) is 11.6 Å². The Morgan fingerprint density at radius 3 is 2.77 bits per heavy atom. The van der Waals surface area contributed by atoms with Crippen LogP contribution in [0.3, 0.4) is 0 Å². The summed E-state index contributed by atoms with van der Waals surface area (Å²) in [5.74, 6) is 0.144. The molecule has 8 atom stereocenters. The van der Waals surface area contributed by atoms with Crippen molar-refractivity contribution in [2.45, 2.75) is 107 Å². The number of halogens is 1. The van der Waals surface area contributed by atoms with E-state index in [2.05, 4.69) is 69.2 Å².